The summed E-state index contributed by atoms with van der Waals surface area (Å²) in [4.78, 5) is 14.7. The molecule has 11 heavy (non-hydrogen) atoms. The minimum absolute atomic E-state index is 0.202. The van der Waals surface area contributed by atoms with Crippen molar-refractivity contribution in [2.45, 2.75) is 6.04 Å². The summed E-state index contributed by atoms with van der Waals surface area (Å²) in [5.41, 5.74) is 0. The molecule has 4 nitrogen and oxygen atoms in total. The molecule has 0 bridgehead atoms. The minimum atomic E-state index is -0.520. The zero-order valence-electron chi connectivity index (χ0n) is 6.04. The van der Waals surface area contributed by atoms with Gasteiger partial charge < -0.3 is 9.47 Å². The van der Waals surface area contributed by atoms with Gasteiger partial charge in [-0.3, -0.25) is 0 Å². The average Bonchev–Trinajstić information content (AvgIpc) is 2.50. The van der Waals surface area contributed by atoms with Gasteiger partial charge in [-0.25, -0.2) is 9.79 Å². The molecular weight excluding hydrogens is 170 g/mol. The molecule has 62 valence electrons. The van der Waals surface area contributed by atoms with E-state index in [0.29, 0.717) is 5.90 Å². The maximum absolute atomic E-state index is 10.8. The number of carbonyl (C=O) groups excluding carboxylic acids is 1. The summed E-state index contributed by atoms with van der Waals surface area (Å²) in [6, 6.07) is -0.520. The molecular formula is C6H8ClNO3. The number of hydrogen-bond donors (Lipinski definition) is 0. The van der Waals surface area contributed by atoms with E-state index in [1.165, 1.54) is 7.11 Å². The van der Waals surface area contributed by atoms with Gasteiger partial charge in [0.15, 0.2) is 11.9 Å². The van der Waals surface area contributed by atoms with E-state index in [2.05, 4.69) is 9.73 Å². The highest BCUT2D eigenvalue weighted by atomic mass is 35.5. The van der Waals surface area contributed by atoms with Gasteiger partial charge in [0.2, 0.25) is 0 Å². The van der Waals surface area contributed by atoms with E-state index in [9.17, 15) is 4.79 Å². The Kier molecular flexibility index (Phi) is 2.70. The Morgan fingerprint density at radius 1 is 2.00 bits per heavy atom. The third kappa shape index (κ3) is 1.83. The van der Waals surface area contributed by atoms with Crippen molar-refractivity contribution in [3.63, 3.8) is 0 Å². The first-order chi connectivity index (χ1) is 5.27. The second-order valence-electron chi connectivity index (χ2n) is 2.01. The third-order valence-electron chi connectivity index (χ3n) is 1.30. The van der Waals surface area contributed by atoms with Crippen LogP contribution in [-0.4, -0.2) is 37.5 Å². The average molecular weight is 178 g/mol. The Morgan fingerprint density at radius 3 is 3.18 bits per heavy atom. The Hall–Kier alpha value is -0.770. The molecule has 1 aliphatic heterocycles. The lowest BCUT2D eigenvalue weighted by atomic mass is 10.3. The number of ether oxygens (including phenoxy) is 2. The summed E-state index contributed by atoms with van der Waals surface area (Å²) in [5.74, 6) is 0.222. The monoisotopic (exact) mass is 177 g/mol. The van der Waals surface area contributed by atoms with Gasteiger partial charge in [0, 0.05) is 0 Å². The number of halogens is 1. The molecule has 1 rings (SSSR count). The van der Waals surface area contributed by atoms with Crippen molar-refractivity contribution in [3.05, 3.63) is 0 Å². The molecule has 0 aliphatic carbocycles. The number of aliphatic imine (C=N–C) groups is 1. The van der Waals surface area contributed by atoms with Crippen molar-refractivity contribution in [2.24, 2.45) is 4.99 Å². The first kappa shape index (κ1) is 8.33. The first-order valence-corrected chi connectivity index (χ1v) is 3.64. The Balaban J connectivity index is 2.52. The predicted molar refractivity (Wildman–Crippen MR) is 39.9 cm³/mol. The third-order valence-corrected chi connectivity index (χ3v) is 1.52. The van der Waals surface area contributed by atoms with E-state index in [-0.39, 0.29) is 18.5 Å². The molecule has 0 N–H and O–H groups in total. The van der Waals surface area contributed by atoms with E-state index in [4.69, 9.17) is 16.3 Å². The van der Waals surface area contributed by atoms with E-state index in [0.717, 1.165) is 0 Å². The van der Waals surface area contributed by atoms with Crippen LogP contribution in [0.4, 0.5) is 0 Å². The molecule has 0 aromatic heterocycles. The van der Waals surface area contributed by atoms with Gasteiger partial charge in [-0.2, -0.15) is 0 Å². The second-order valence-corrected chi connectivity index (χ2v) is 2.27. The van der Waals surface area contributed by atoms with Gasteiger partial charge in [0.25, 0.3) is 0 Å². The van der Waals surface area contributed by atoms with Crippen molar-refractivity contribution in [1.29, 1.82) is 0 Å². The molecule has 0 saturated heterocycles. The van der Waals surface area contributed by atoms with Crippen LogP contribution < -0.4 is 0 Å². The van der Waals surface area contributed by atoms with Gasteiger partial charge in [0.05, 0.1) is 13.0 Å². The number of methoxy groups -OCH3 is 1. The molecule has 1 aliphatic rings. The summed E-state index contributed by atoms with van der Waals surface area (Å²) < 4.78 is 9.41. The highest BCUT2D eigenvalue weighted by molar-refractivity contribution is 6.27. The zero-order chi connectivity index (χ0) is 8.27. The molecule has 1 atom stereocenters. The lowest BCUT2D eigenvalue weighted by Crippen LogP contribution is -2.21. The predicted octanol–water partition coefficient (Wildman–Crippen LogP) is 0.195. The van der Waals surface area contributed by atoms with Gasteiger partial charge >= 0.3 is 5.97 Å². The smallest absolute Gasteiger partial charge is 0.334 e. The molecule has 0 saturated carbocycles. The van der Waals surface area contributed by atoms with E-state index in [1.807, 2.05) is 0 Å². The fraction of sp³-hybridized carbons (Fsp3) is 0.667. The standard InChI is InChI=1S/C6H8ClNO3/c1-10-6(9)4-3-11-5(2-7)8-4/h4H,2-3H2,1H3. The van der Waals surface area contributed by atoms with E-state index < -0.39 is 6.04 Å². The van der Waals surface area contributed by atoms with Crippen molar-refractivity contribution >= 4 is 23.5 Å². The molecule has 0 fully saturated rings. The minimum Gasteiger partial charge on any atom is -0.477 e. The molecule has 0 radical (unpaired) electrons. The van der Waals surface area contributed by atoms with Crippen LogP contribution >= 0.6 is 11.6 Å². The number of carbonyl (C=O) groups is 1. The van der Waals surface area contributed by atoms with E-state index in [1.54, 1.807) is 0 Å². The SMILES string of the molecule is COC(=O)C1COC(CCl)=N1. The lowest BCUT2D eigenvalue weighted by Gasteiger charge is -1.99. The normalized spacial score (nSPS) is 22.4. The van der Waals surface area contributed by atoms with Crippen LogP contribution in [0.1, 0.15) is 0 Å². The highest BCUT2D eigenvalue weighted by Crippen LogP contribution is 2.06. The van der Waals surface area contributed by atoms with Crippen LogP contribution in [-0.2, 0) is 14.3 Å². The van der Waals surface area contributed by atoms with Crippen LogP contribution in [0.25, 0.3) is 0 Å². The molecule has 0 amide bonds. The summed E-state index contributed by atoms with van der Waals surface area (Å²) in [6.45, 7) is 0.245. The maximum Gasteiger partial charge on any atom is 0.334 e. The Morgan fingerprint density at radius 2 is 2.73 bits per heavy atom. The number of hydrogen-bond acceptors (Lipinski definition) is 4. The number of nitrogens with zero attached hydrogens (tertiary/aromatic N) is 1. The van der Waals surface area contributed by atoms with Crippen LogP contribution in [0.2, 0.25) is 0 Å². The zero-order valence-corrected chi connectivity index (χ0v) is 6.80. The van der Waals surface area contributed by atoms with Crippen molar-refractivity contribution in [2.75, 3.05) is 19.6 Å². The quantitative estimate of drug-likeness (QED) is 0.447. The summed E-state index contributed by atoms with van der Waals surface area (Å²) in [6.07, 6.45) is 0. The highest BCUT2D eigenvalue weighted by Gasteiger charge is 2.25. The fourth-order valence-corrected chi connectivity index (χ4v) is 0.899. The van der Waals surface area contributed by atoms with Crippen LogP contribution in [0.15, 0.2) is 4.99 Å². The topological polar surface area (TPSA) is 47.9 Å². The van der Waals surface area contributed by atoms with Crippen molar-refractivity contribution in [3.8, 4) is 0 Å². The number of rotatable bonds is 2. The number of alkyl halides is 1. The molecule has 1 heterocycles. The first-order valence-electron chi connectivity index (χ1n) is 3.11. The van der Waals surface area contributed by atoms with Crippen LogP contribution in [0.3, 0.4) is 0 Å². The van der Waals surface area contributed by atoms with Crippen molar-refractivity contribution in [1.82, 2.24) is 0 Å². The molecule has 0 aromatic rings. The fourth-order valence-electron chi connectivity index (χ4n) is 0.753. The van der Waals surface area contributed by atoms with Crippen LogP contribution in [0.5, 0.6) is 0 Å². The van der Waals surface area contributed by atoms with Gasteiger partial charge in [-0.05, 0) is 0 Å². The number of esters is 1. The van der Waals surface area contributed by atoms with Gasteiger partial charge in [0.1, 0.15) is 6.61 Å². The molecule has 0 aromatic carbocycles. The molecule has 0 spiro atoms. The van der Waals surface area contributed by atoms with Gasteiger partial charge in [-0.1, -0.05) is 0 Å². The second kappa shape index (κ2) is 3.57. The lowest BCUT2D eigenvalue weighted by molar-refractivity contribution is -0.142. The van der Waals surface area contributed by atoms with Gasteiger partial charge in [-0.15, -0.1) is 11.6 Å². The molecule has 5 heteroatoms. The van der Waals surface area contributed by atoms with Crippen LogP contribution in [0, 0.1) is 0 Å². The van der Waals surface area contributed by atoms with E-state index >= 15 is 0 Å². The summed E-state index contributed by atoms with van der Waals surface area (Å²) in [5, 5.41) is 0. The Labute approximate surface area is 69.1 Å². The molecule has 1 unspecified atom stereocenters. The van der Waals surface area contributed by atoms with Crippen molar-refractivity contribution < 1.29 is 14.3 Å². The largest absolute Gasteiger partial charge is 0.477 e. The Bertz CT molecular complexity index is 192. The summed E-state index contributed by atoms with van der Waals surface area (Å²) in [7, 11) is 1.32. The summed E-state index contributed by atoms with van der Waals surface area (Å²) >= 11 is 5.41. The maximum atomic E-state index is 10.8.